The average Bonchev–Trinajstić information content (AvgIpc) is 3.39. The molecule has 2 aromatic heterocycles. The first-order chi connectivity index (χ1) is 13.9. The lowest BCUT2D eigenvalue weighted by Crippen LogP contribution is -2.38. The molecule has 3 aromatic rings. The molecule has 1 aromatic carbocycles. The van der Waals surface area contributed by atoms with E-state index in [1.54, 1.807) is 4.80 Å². The molecule has 1 amide bonds. The Bertz CT molecular complexity index is 961. The molecule has 0 bridgehead atoms. The van der Waals surface area contributed by atoms with Crippen LogP contribution in [0.25, 0.3) is 11.4 Å². The van der Waals surface area contributed by atoms with Crippen LogP contribution in [0.2, 0.25) is 0 Å². The van der Waals surface area contributed by atoms with Gasteiger partial charge in [-0.05, 0) is 57.7 Å². The van der Waals surface area contributed by atoms with Gasteiger partial charge in [0, 0.05) is 29.5 Å². The summed E-state index contributed by atoms with van der Waals surface area (Å²) in [6.07, 6.45) is 7.58. The highest BCUT2D eigenvalue weighted by Gasteiger charge is 2.26. The van der Waals surface area contributed by atoms with Gasteiger partial charge in [-0.1, -0.05) is 30.3 Å². The van der Waals surface area contributed by atoms with E-state index in [0.717, 1.165) is 31.2 Å². The lowest BCUT2D eigenvalue weighted by atomic mass is 9.91. The van der Waals surface area contributed by atoms with Crippen LogP contribution in [-0.2, 0) is 5.54 Å². The maximum atomic E-state index is 12.6. The van der Waals surface area contributed by atoms with Crippen molar-refractivity contribution < 1.29 is 4.79 Å². The molecule has 1 fully saturated rings. The average molecular weight is 393 g/mol. The maximum Gasteiger partial charge on any atom is 0.253 e. The lowest BCUT2D eigenvalue weighted by molar-refractivity contribution is 0.0920. The Kier molecular flexibility index (Phi) is 5.22. The summed E-state index contributed by atoms with van der Waals surface area (Å²) in [5.74, 6) is 0.658. The van der Waals surface area contributed by atoms with Crippen LogP contribution in [0.1, 0.15) is 62.9 Å². The molecular formula is C22H28N6O. The summed E-state index contributed by atoms with van der Waals surface area (Å²) in [6.45, 7) is 6.37. The van der Waals surface area contributed by atoms with Crippen molar-refractivity contribution in [2.75, 3.05) is 0 Å². The minimum absolute atomic E-state index is 0.00157. The predicted molar refractivity (Wildman–Crippen MR) is 111 cm³/mol. The van der Waals surface area contributed by atoms with Crippen molar-refractivity contribution in [1.82, 2.24) is 30.1 Å². The van der Waals surface area contributed by atoms with E-state index in [2.05, 4.69) is 46.1 Å². The number of tetrazole rings is 1. The zero-order valence-corrected chi connectivity index (χ0v) is 17.2. The fraction of sp³-hybridized carbons (Fsp3) is 0.455. The van der Waals surface area contributed by atoms with E-state index in [0.29, 0.717) is 11.4 Å². The fourth-order valence-corrected chi connectivity index (χ4v) is 3.75. The molecule has 2 heterocycles. The Labute approximate surface area is 171 Å². The normalized spacial score (nSPS) is 19.8. The van der Waals surface area contributed by atoms with Gasteiger partial charge in [-0.3, -0.25) is 4.79 Å². The number of hydrogen-bond acceptors (Lipinski definition) is 4. The minimum atomic E-state index is -0.0278. The first kappa shape index (κ1) is 19.4. The van der Waals surface area contributed by atoms with Gasteiger partial charge in [0.05, 0.1) is 11.6 Å². The number of nitrogens with zero attached hydrogens (tertiary/aromatic N) is 5. The van der Waals surface area contributed by atoms with E-state index in [1.165, 1.54) is 0 Å². The second-order valence-electron chi connectivity index (χ2n) is 8.76. The molecule has 1 N–H and O–H groups in total. The Morgan fingerprint density at radius 3 is 2.45 bits per heavy atom. The minimum Gasteiger partial charge on any atom is -0.349 e. The lowest BCUT2D eigenvalue weighted by Gasteiger charge is -2.28. The summed E-state index contributed by atoms with van der Waals surface area (Å²) in [5.41, 5.74) is 1.66. The van der Waals surface area contributed by atoms with Crippen molar-refractivity contribution in [2.45, 2.75) is 64.1 Å². The highest BCUT2D eigenvalue weighted by Crippen LogP contribution is 2.28. The predicted octanol–water partition coefficient (Wildman–Crippen LogP) is 3.81. The summed E-state index contributed by atoms with van der Waals surface area (Å²) >= 11 is 0. The van der Waals surface area contributed by atoms with Gasteiger partial charge in [0.1, 0.15) is 0 Å². The van der Waals surface area contributed by atoms with Crippen LogP contribution in [0.15, 0.2) is 48.8 Å². The van der Waals surface area contributed by atoms with Gasteiger partial charge < -0.3 is 9.88 Å². The monoisotopic (exact) mass is 392 g/mol. The molecule has 0 aliphatic heterocycles. The Morgan fingerprint density at radius 2 is 1.79 bits per heavy atom. The SMILES string of the molecule is CC(C)(C)n1ccc(C(=O)NC2CCC(n3nnc(-c4ccccc4)n3)CC2)c1. The van der Waals surface area contributed by atoms with Gasteiger partial charge in [0.2, 0.25) is 5.82 Å². The van der Waals surface area contributed by atoms with E-state index >= 15 is 0 Å². The Hall–Kier alpha value is -2.96. The van der Waals surface area contributed by atoms with E-state index in [1.807, 2.05) is 48.8 Å². The van der Waals surface area contributed by atoms with E-state index in [-0.39, 0.29) is 23.5 Å². The molecule has 152 valence electrons. The van der Waals surface area contributed by atoms with Crippen molar-refractivity contribution in [2.24, 2.45) is 0 Å². The summed E-state index contributed by atoms with van der Waals surface area (Å²) in [7, 11) is 0. The third kappa shape index (κ3) is 4.39. The summed E-state index contributed by atoms with van der Waals surface area (Å²) in [5, 5.41) is 16.2. The molecule has 0 radical (unpaired) electrons. The van der Waals surface area contributed by atoms with Crippen molar-refractivity contribution in [3.05, 3.63) is 54.4 Å². The number of aromatic nitrogens is 5. The zero-order valence-electron chi connectivity index (χ0n) is 17.2. The number of hydrogen-bond donors (Lipinski definition) is 1. The van der Waals surface area contributed by atoms with Gasteiger partial charge in [0.15, 0.2) is 0 Å². The van der Waals surface area contributed by atoms with Crippen LogP contribution in [0, 0.1) is 0 Å². The van der Waals surface area contributed by atoms with Crippen molar-refractivity contribution >= 4 is 5.91 Å². The summed E-state index contributed by atoms with van der Waals surface area (Å²) < 4.78 is 2.07. The van der Waals surface area contributed by atoms with Gasteiger partial charge in [-0.15, -0.1) is 10.2 Å². The molecule has 0 saturated heterocycles. The topological polar surface area (TPSA) is 77.6 Å². The second kappa shape index (κ2) is 7.81. The van der Waals surface area contributed by atoms with E-state index in [9.17, 15) is 4.79 Å². The van der Waals surface area contributed by atoms with Gasteiger partial charge >= 0.3 is 0 Å². The smallest absolute Gasteiger partial charge is 0.253 e. The maximum absolute atomic E-state index is 12.6. The fourth-order valence-electron chi connectivity index (χ4n) is 3.75. The zero-order chi connectivity index (χ0) is 20.4. The molecule has 7 nitrogen and oxygen atoms in total. The van der Waals surface area contributed by atoms with E-state index < -0.39 is 0 Å². The molecule has 1 aliphatic rings. The Morgan fingerprint density at radius 1 is 1.07 bits per heavy atom. The van der Waals surface area contributed by atoms with E-state index in [4.69, 9.17) is 0 Å². The van der Waals surface area contributed by atoms with Crippen LogP contribution < -0.4 is 5.32 Å². The molecule has 1 saturated carbocycles. The summed E-state index contributed by atoms with van der Waals surface area (Å²) in [4.78, 5) is 14.3. The number of benzene rings is 1. The largest absolute Gasteiger partial charge is 0.349 e. The highest BCUT2D eigenvalue weighted by molar-refractivity contribution is 5.94. The standard InChI is InChI=1S/C22H28N6O/c1-22(2,3)27-14-13-17(15-27)21(29)23-18-9-11-19(12-10-18)28-25-20(24-26-28)16-7-5-4-6-8-16/h4-8,13-15,18-19H,9-12H2,1-3H3,(H,23,29). The van der Waals surface area contributed by atoms with Crippen LogP contribution in [0.5, 0.6) is 0 Å². The number of carbonyl (C=O) groups excluding carboxylic acids is 1. The molecule has 0 atom stereocenters. The second-order valence-corrected chi connectivity index (χ2v) is 8.76. The number of nitrogens with one attached hydrogen (secondary N) is 1. The molecule has 1 aliphatic carbocycles. The van der Waals surface area contributed by atoms with Crippen molar-refractivity contribution in [3.8, 4) is 11.4 Å². The van der Waals surface area contributed by atoms with Crippen LogP contribution in [0.4, 0.5) is 0 Å². The molecular weight excluding hydrogens is 364 g/mol. The molecule has 0 unspecified atom stereocenters. The summed E-state index contributed by atoms with van der Waals surface area (Å²) in [6, 6.07) is 12.2. The quantitative estimate of drug-likeness (QED) is 0.732. The molecule has 7 heteroatoms. The molecule has 0 spiro atoms. The van der Waals surface area contributed by atoms with Crippen molar-refractivity contribution in [1.29, 1.82) is 0 Å². The van der Waals surface area contributed by atoms with Gasteiger partial charge in [-0.2, -0.15) is 4.80 Å². The molecule has 29 heavy (non-hydrogen) atoms. The number of amides is 1. The van der Waals surface area contributed by atoms with Gasteiger partial charge in [0.25, 0.3) is 5.91 Å². The number of rotatable bonds is 4. The first-order valence-corrected chi connectivity index (χ1v) is 10.2. The third-order valence-corrected chi connectivity index (χ3v) is 5.55. The first-order valence-electron chi connectivity index (χ1n) is 10.2. The van der Waals surface area contributed by atoms with Crippen LogP contribution >= 0.6 is 0 Å². The van der Waals surface area contributed by atoms with Crippen LogP contribution in [0.3, 0.4) is 0 Å². The Balaban J connectivity index is 1.32. The molecule has 4 rings (SSSR count). The number of carbonyl (C=O) groups is 1. The van der Waals surface area contributed by atoms with Gasteiger partial charge in [-0.25, -0.2) is 0 Å². The highest BCUT2D eigenvalue weighted by atomic mass is 16.1. The van der Waals surface area contributed by atoms with Crippen LogP contribution in [-0.4, -0.2) is 36.7 Å². The third-order valence-electron chi connectivity index (χ3n) is 5.55. The van der Waals surface area contributed by atoms with Crippen molar-refractivity contribution in [3.63, 3.8) is 0 Å².